The van der Waals surface area contributed by atoms with Crippen LogP contribution < -0.4 is 0 Å². The number of esters is 1. The molecule has 0 unspecified atom stereocenters. The van der Waals surface area contributed by atoms with Crippen molar-refractivity contribution in [3.05, 3.63) is 23.9 Å². The Labute approximate surface area is 107 Å². The van der Waals surface area contributed by atoms with Crippen molar-refractivity contribution < 1.29 is 14.6 Å². The second-order valence-electron chi connectivity index (χ2n) is 3.92. The molecule has 0 aliphatic carbocycles. The fourth-order valence-electron chi connectivity index (χ4n) is 1.87. The van der Waals surface area contributed by atoms with Crippen LogP contribution in [0, 0.1) is 0 Å². The summed E-state index contributed by atoms with van der Waals surface area (Å²) in [5, 5.41) is 24.8. The number of nitrogens with zero attached hydrogens (tertiary/aromatic N) is 3. The zero-order valence-electron chi connectivity index (χ0n) is 10.0. The van der Waals surface area contributed by atoms with Crippen molar-refractivity contribution in [1.82, 2.24) is 20.4 Å². The van der Waals surface area contributed by atoms with Crippen LogP contribution in [0.15, 0.2) is 18.2 Å². The number of nitrogens with one attached hydrogen (secondary N) is 1. The van der Waals surface area contributed by atoms with E-state index in [0.29, 0.717) is 21.9 Å². The molecule has 0 atom stereocenters. The molecule has 1 aromatic carbocycles. The Bertz CT molecular complexity index is 781. The van der Waals surface area contributed by atoms with E-state index in [9.17, 15) is 9.90 Å². The van der Waals surface area contributed by atoms with Gasteiger partial charge in [-0.3, -0.25) is 5.10 Å². The molecule has 0 aliphatic rings. The van der Waals surface area contributed by atoms with Crippen LogP contribution in [0.25, 0.3) is 21.9 Å². The Morgan fingerprint density at radius 2 is 2.21 bits per heavy atom. The normalized spacial score (nSPS) is 11.0. The first kappa shape index (κ1) is 11.4. The summed E-state index contributed by atoms with van der Waals surface area (Å²) in [7, 11) is 0. The first-order valence-corrected chi connectivity index (χ1v) is 5.71. The molecular weight excluding hydrogens is 248 g/mol. The number of H-pyrrole nitrogens is 1. The van der Waals surface area contributed by atoms with E-state index in [4.69, 9.17) is 4.74 Å². The van der Waals surface area contributed by atoms with E-state index in [0.717, 1.165) is 0 Å². The van der Waals surface area contributed by atoms with Crippen molar-refractivity contribution in [2.24, 2.45) is 0 Å². The van der Waals surface area contributed by atoms with E-state index in [2.05, 4.69) is 20.4 Å². The van der Waals surface area contributed by atoms with Gasteiger partial charge in [-0.2, -0.15) is 5.10 Å². The fourth-order valence-corrected chi connectivity index (χ4v) is 1.87. The number of carbonyl (C=O) groups excluding carboxylic acids is 1. The summed E-state index contributed by atoms with van der Waals surface area (Å²) in [4.78, 5) is 11.7. The number of aromatic amines is 1. The van der Waals surface area contributed by atoms with Crippen LogP contribution in [0.3, 0.4) is 0 Å². The van der Waals surface area contributed by atoms with Crippen LogP contribution in [0.2, 0.25) is 0 Å². The highest BCUT2D eigenvalue weighted by molar-refractivity contribution is 6.08. The summed E-state index contributed by atoms with van der Waals surface area (Å²) in [5.74, 6) is -0.429. The van der Waals surface area contributed by atoms with Crippen LogP contribution in [-0.4, -0.2) is 38.1 Å². The average molecular weight is 258 g/mol. The zero-order valence-corrected chi connectivity index (χ0v) is 10.0. The topological polar surface area (TPSA) is 101 Å². The third kappa shape index (κ3) is 1.75. The molecule has 2 heterocycles. The minimum atomic E-state index is -0.529. The Kier molecular flexibility index (Phi) is 2.52. The van der Waals surface area contributed by atoms with Crippen molar-refractivity contribution in [1.29, 1.82) is 0 Å². The van der Waals surface area contributed by atoms with Crippen LogP contribution in [0.1, 0.15) is 17.4 Å². The van der Waals surface area contributed by atoms with Gasteiger partial charge in [-0.25, -0.2) is 4.79 Å². The molecule has 96 valence electrons. The minimum Gasteiger partial charge on any atom is -0.508 e. The lowest BCUT2D eigenvalue weighted by atomic mass is 10.2. The number of benzene rings is 1. The molecule has 0 bridgehead atoms. The molecule has 0 saturated heterocycles. The number of hydrogen-bond acceptors (Lipinski definition) is 6. The van der Waals surface area contributed by atoms with Gasteiger partial charge >= 0.3 is 5.97 Å². The summed E-state index contributed by atoms with van der Waals surface area (Å²) in [6.07, 6.45) is 0. The average Bonchev–Trinajstić information content (AvgIpc) is 2.83. The summed E-state index contributed by atoms with van der Waals surface area (Å²) < 4.78 is 4.90. The SMILES string of the molecule is CCOC(=O)c1[nH]nc2c1nnc1ccc(O)cc12. The van der Waals surface area contributed by atoms with Crippen molar-refractivity contribution in [2.45, 2.75) is 6.92 Å². The molecule has 7 nitrogen and oxygen atoms in total. The van der Waals surface area contributed by atoms with Crippen LogP contribution >= 0.6 is 0 Å². The molecule has 0 aliphatic heterocycles. The molecule has 3 rings (SSSR count). The van der Waals surface area contributed by atoms with Gasteiger partial charge in [-0.1, -0.05) is 0 Å². The lowest BCUT2D eigenvalue weighted by Gasteiger charge is -1.99. The Balaban J connectivity index is 2.27. The highest BCUT2D eigenvalue weighted by Gasteiger charge is 2.18. The van der Waals surface area contributed by atoms with Gasteiger partial charge in [0.05, 0.1) is 12.1 Å². The first-order valence-electron chi connectivity index (χ1n) is 5.71. The lowest BCUT2D eigenvalue weighted by Crippen LogP contribution is -2.06. The van der Waals surface area contributed by atoms with Gasteiger partial charge in [0.1, 0.15) is 16.8 Å². The smallest absolute Gasteiger partial charge is 0.358 e. The zero-order chi connectivity index (χ0) is 13.4. The summed E-state index contributed by atoms with van der Waals surface area (Å²) in [6.45, 7) is 1.98. The van der Waals surface area contributed by atoms with Gasteiger partial charge in [0.15, 0.2) is 5.69 Å². The number of ether oxygens (including phenoxy) is 1. The maximum atomic E-state index is 11.7. The number of phenolic OH excluding ortho intramolecular Hbond substituents is 1. The molecule has 0 radical (unpaired) electrons. The predicted octanol–water partition coefficient (Wildman–Crippen LogP) is 1.39. The van der Waals surface area contributed by atoms with Gasteiger partial charge in [0, 0.05) is 5.39 Å². The molecule has 2 N–H and O–H groups in total. The predicted molar refractivity (Wildman–Crippen MR) is 66.8 cm³/mol. The molecular formula is C12H10N4O3. The second kappa shape index (κ2) is 4.20. The van der Waals surface area contributed by atoms with Crippen LogP contribution in [0.4, 0.5) is 0 Å². The van der Waals surface area contributed by atoms with Crippen molar-refractivity contribution in [2.75, 3.05) is 6.61 Å². The maximum Gasteiger partial charge on any atom is 0.358 e. The van der Waals surface area contributed by atoms with Crippen molar-refractivity contribution in [3.63, 3.8) is 0 Å². The van der Waals surface area contributed by atoms with E-state index in [1.165, 1.54) is 12.1 Å². The lowest BCUT2D eigenvalue weighted by molar-refractivity contribution is 0.0521. The molecule has 0 fully saturated rings. The number of rotatable bonds is 2. The van der Waals surface area contributed by atoms with Crippen LogP contribution in [0.5, 0.6) is 5.75 Å². The number of hydrogen-bond donors (Lipinski definition) is 2. The molecule has 0 saturated carbocycles. The highest BCUT2D eigenvalue weighted by atomic mass is 16.5. The second-order valence-corrected chi connectivity index (χ2v) is 3.92. The monoisotopic (exact) mass is 258 g/mol. The van der Waals surface area contributed by atoms with E-state index >= 15 is 0 Å². The van der Waals surface area contributed by atoms with Gasteiger partial charge in [-0.05, 0) is 25.1 Å². The molecule has 7 heteroatoms. The molecule has 0 spiro atoms. The van der Waals surface area contributed by atoms with Gasteiger partial charge < -0.3 is 9.84 Å². The van der Waals surface area contributed by atoms with E-state index in [1.807, 2.05) is 0 Å². The number of phenols is 1. The molecule has 0 amide bonds. The van der Waals surface area contributed by atoms with Gasteiger partial charge in [0.2, 0.25) is 0 Å². The van der Waals surface area contributed by atoms with E-state index in [-0.39, 0.29) is 18.1 Å². The number of fused-ring (bicyclic) bond motifs is 3. The van der Waals surface area contributed by atoms with Gasteiger partial charge in [-0.15, -0.1) is 10.2 Å². The third-order valence-electron chi connectivity index (χ3n) is 2.71. The first-order chi connectivity index (χ1) is 9.20. The molecule has 3 aromatic rings. The summed E-state index contributed by atoms with van der Waals surface area (Å²) in [6, 6.07) is 4.68. The number of aromatic nitrogens is 4. The number of carbonyl (C=O) groups is 1. The Hall–Kier alpha value is -2.70. The Morgan fingerprint density at radius 1 is 1.37 bits per heavy atom. The molecule has 2 aromatic heterocycles. The minimum absolute atomic E-state index is 0.0995. The molecule has 19 heavy (non-hydrogen) atoms. The summed E-state index contributed by atoms with van der Waals surface area (Å²) >= 11 is 0. The standard InChI is InChI=1S/C12H10N4O3/c1-2-19-12(18)11-10-9(14-16-11)7-5-6(17)3-4-8(7)13-15-10/h3-5,17H,2H2,1H3,(H,14,16). The fraction of sp³-hybridized carbons (Fsp3) is 0.167. The van der Waals surface area contributed by atoms with Crippen LogP contribution in [-0.2, 0) is 4.74 Å². The highest BCUT2D eigenvalue weighted by Crippen LogP contribution is 2.25. The quantitative estimate of drug-likeness (QED) is 0.673. The van der Waals surface area contributed by atoms with Crippen molar-refractivity contribution >= 4 is 27.9 Å². The third-order valence-corrected chi connectivity index (χ3v) is 2.71. The van der Waals surface area contributed by atoms with E-state index in [1.54, 1.807) is 13.0 Å². The number of aromatic hydroxyl groups is 1. The maximum absolute atomic E-state index is 11.7. The Morgan fingerprint density at radius 3 is 3.00 bits per heavy atom. The summed E-state index contributed by atoms with van der Waals surface area (Å²) in [5.41, 5.74) is 1.56. The van der Waals surface area contributed by atoms with E-state index < -0.39 is 5.97 Å². The van der Waals surface area contributed by atoms with Gasteiger partial charge in [0.25, 0.3) is 0 Å². The van der Waals surface area contributed by atoms with Crippen molar-refractivity contribution in [3.8, 4) is 5.75 Å². The largest absolute Gasteiger partial charge is 0.508 e.